The van der Waals surface area contributed by atoms with Crippen molar-refractivity contribution < 1.29 is 237 Å². The van der Waals surface area contributed by atoms with Crippen LogP contribution in [-0.4, -0.2) is 485 Å². The zero-order chi connectivity index (χ0) is 85.9. The standard InChI is InChI=1S/C65H107N3O48/c1-15-32(79)39(86)45(92)59(101-15)113-53-31(68-19(5)76)58(107-26(12-73)51(53)112-63-55(42(89)35(82)23(9-70)105-63)115-60-46(93)40(87)33(80)16(2)102-60)114-54-37(84)27(108-62(48(54)95)111-50-24(10-71)104-56(96)44(91)43(50)90)13-99-57-30(67-18(4)75)38(85)49(25(11-72)106-57)110-61-47(94)41(88)36(83)28(109-61)14-100-65(64(97)98)7-22(103-20(6)77)29(66-17(3)74)52(116-65)34(81)21(78)8-69/h15-16,21-63,69-73,78-96H,7-14H2,1-6H3,(H,66,74)(H,67,75)(H,68,76)(H,97,98)/t15-,16-,21+,22-,23+,24+,25+,26+,27+,28+,29+,30+,31+,32+,33+,34+,35-,36-,37-,38+,39+,40+,41-,42-,43+,44+,45-,46-,47+,48+,49+,50+,51+,52+,53+,54-,55+,56?,57+,58-,59-,60-,61-,62-,63-,65+/m0/s1. The molecule has 9 aliphatic heterocycles. The number of nitrogens with one attached hydrogen (secondary N) is 3. The average molecular weight is 1700 g/mol. The van der Waals surface area contributed by atoms with Crippen molar-refractivity contribution in [2.45, 2.75) is 330 Å². The Kier molecular flexibility index (Phi) is 33.6. The van der Waals surface area contributed by atoms with E-state index in [4.69, 9.17) is 85.3 Å². The average Bonchev–Trinajstić information content (AvgIpc) is 0.760. The number of amides is 3. The molecular weight excluding hydrogens is 1590 g/mol. The van der Waals surface area contributed by atoms with Crippen molar-refractivity contribution >= 4 is 29.7 Å². The quantitative estimate of drug-likeness (QED) is 0.0297. The highest BCUT2D eigenvalue weighted by Gasteiger charge is 2.63. The normalized spacial score (nSPS) is 48.2. The number of hydrogen-bond donors (Lipinski definition) is 28. The highest BCUT2D eigenvalue weighted by Crippen LogP contribution is 2.42. The van der Waals surface area contributed by atoms with Gasteiger partial charge in [0.05, 0.1) is 70.9 Å². The SMILES string of the molecule is CC(=O)N[C@H]1[C@H](OC[C@H]2O[C@@H](O[C@H]3[C@H](O)[C@@H](O)C(O)O[C@@H]3CO)[C@H](O)[C@@H](O[C@@H]3O[C@H](CO)[C@@H](O[C@@H]4O[C@H](CO)[C@H](O)[C@H](O)[C@H]4O[C@@H]4O[C@@H](C)[C@@H](O)[C@@H](O)[C@@H]4O)[C@H](O[C@@H]4O[C@@H](C)[C@@H](O)[C@@H](O)[C@@H]4O)[C@H]3NC(C)=O)[C@H]2O)O[C@H](CO)[C@@H](O[C@@H]2O[C@H](CO[C@]3(C(=O)O)C[C@H](OC(C)=O)[C@@H](NC(C)=O)[C@H]([C@H](O)[C@H](O)CO)O3)[C@H](O)[C@H](O)[C@H]2O)[C@@H]1O. The predicted octanol–water partition coefficient (Wildman–Crippen LogP) is -18.4. The third-order valence-corrected chi connectivity index (χ3v) is 21.1. The molecule has 51 heteroatoms. The van der Waals surface area contributed by atoms with Gasteiger partial charge in [0.1, 0.15) is 207 Å². The molecule has 670 valence electrons. The fourth-order valence-electron chi connectivity index (χ4n) is 14.8. The fourth-order valence-corrected chi connectivity index (χ4v) is 14.8. The van der Waals surface area contributed by atoms with Gasteiger partial charge in [-0.2, -0.15) is 0 Å². The van der Waals surface area contributed by atoms with E-state index in [1.165, 1.54) is 13.8 Å². The molecule has 0 aromatic carbocycles. The molecule has 9 heterocycles. The van der Waals surface area contributed by atoms with E-state index in [-0.39, 0.29) is 0 Å². The Morgan fingerprint density at radius 1 is 0.388 bits per heavy atom. The second kappa shape index (κ2) is 40.8. The first-order valence-corrected chi connectivity index (χ1v) is 36.9. The van der Waals surface area contributed by atoms with Crippen LogP contribution < -0.4 is 16.0 Å². The Labute approximate surface area is 656 Å². The van der Waals surface area contributed by atoms with Crippen LogP contribution >= 0.6 is 0 Å². The number of carboxylic acids is 1. The van der Waals surface area contributed by atoms with Gasteiger partial charge in [-0.1, -0.05) is 0 Å². The molecule has 28 N–H and O–H groups in total. The molecule has 9 rings (SSSR count). The summed E-state index contributed by atoms with van der Waals surface area (Å²) in [5, 5.41) is 284. The third-order valence-electron chi connectivity index (χ3n) is 21.1. The van der Waals surface area contributed by atoms with Crippen LogP contribution in [0.2, 0.25) is 0 Å². The number of aliphatic hydroxyl groups excluding tert-OH is 24. The maximum atomic E-state index is 13.6. The van der Waals surface area contributed by atoms with E-state index in [0.29, 0.717) is 0 Å². The van der Waals surface area contributed by atoms with Crippen LogP contribution in [0.3, 0.4) is 0 Å². The van der Waals surface area contributed by atoms with E-state index in [0.717, 1.165) is 27.7 Å². The molecule has 0 spiro atoms. The van der Waals surface area contributed by atoms with Gasteiger partial charge in [-0.05, 0) is 13.8 Å². The van der Waals surface area contributed by atoms with Gasteiger partial charge in [-0.15, -0.1) is 0 Å². The van der Waals surface area contributed by atoms with Crippen LogP contribution in [0, 0.1) is 0 Å². The monoisotopic (exact) mass is 1700 g/mol. The second-order valence-corrected chi connectivity index (χ2v) is 29.4. The van der Waals surface area contributed by atoms with E-state index in [9.17, 15) is 152 Å². The lowest BCUT2D eigenvalue weighted by Gasteiger charge is -2.52. The van der Waals surface area contributed by atoms with Gasteiger partial charge in [0.15, 0.2) is 50.3 Å². The first kappa shape index (κ1) is 95.5. The number of esters is 1. The summed E-state index contributed by atoms with van der Waals surface area (Å²) in [7, 11) is 0. The molecule has 116 heavy (non-hydrogen) atoms. The minimum atomic E-state index is -3.10. The highest BCUT2D eigenvalue weighted by atomic mass is 16.8. The third kappa shape index (κ3) is 21.0. The van der Waals surface area contributed by atoms with Gasteiger partial charge in [0, 0.05) is 27.7 Å². The summed E-state index contributed by atoms with van der Waals surface area (Å²) in [6.45, 7) is -2.02. The van der Waals surface area contributed by atoms with Crippen LogP contribution in [0.15, 0.2) is 0 Å². The Morgan fingerprint density at radius 2 is 0.802 bits per heavy atom. The molecule has 51 nitrogen and oxygen atoms in total. The van der Waals surface area contributed by atoms with Crippen LogP contribution in [0.4, 0.5) is 0 Å². The Hall–Kier alpha value is -4.29. The summed E-state index contributed by atoms with van der Waals surface area (Å²) >= 11 is 0. The topological polar surface area (TPSA) is 793 Å². The van der Waals surface area contributed by atoms with E-state index >= 15 is 0 Å². The van der Waals surface area contributed by atoms with Gasteiger partial charge < -0.3 is 229 Å². The summed E-state index contributed by atoms with van der Waals surface area (Å²) in [5.74, 6) is -9.06. The molecule has 46 atom stereocenters. The number of carbonyl (C=O) groups excluding carboxylic acids is 4. The molecule has 9 saturated heterocycles. The van der Waals surface area contributed by atoms with Crippen LogP contribution in [-0.2, 0) is 109 Å². The summed E-state index contributed by atoms with van der Waals surface area (Å²) in [4.78, 5) is 64.6. The maximum absolute atomic E-state index is 13.6. The summed E-state index contributed by atoms with van der Waals surface area (Å²) in [5.41, 5.74) is 0. The van der Waals surface area contributed by atoms with Gasteiger partial charge >= 0.3 is 11.9 Å². The molecule has 1 unspecified atom stereocenters. The summed E-state index contributed by atoms with van der Waals surface area (Å²) in [6.07, 6.45) is -88.8. The molecule has 0 saturated carbocycles. The number of hydrogen-bond acceptors (Lipinski definition) is 47. The molecule has 0 bridgehead atoms. The van der Waals surface area contributed by atoms with Gasteiger partial charge in [-0.3, -0.25) is 19.2 Å². The van der Waals surface area contributed by atoms with E-state index in [2.05, 4.69) is 16.0 Å². The highest BCUT2D eigenvalue weighted by molar-refractivity contribution is 5.77. The molecule has 0 radical (unpaired) electrons. The van der Waals surface area contributed by atoms with Crippen molar-refractivity contribution in [1.29, 1.82) is 0 Å². The number of rotatable bonds is 30. The number of ether oxygens (including phenoxy) is 18. The molecule has 0 aliphatic carbocycles. The Morgan fingerprint density at radius 3 is 1.33 bits per heavy atom. The second-order valence-electron chi connectivity index (χ2n) is 29.4. The summed E-state index contributed by atoms with van der Waals surface area (Å²) in [6, 6.07) is -5.69. The molecular formula is C65H107N3O48. The molecule has 0 aromatic heterocycles. The lowest BCUT2D eigenvalue weighted by atomic mass is 9.88. The Bertz CT molecular complexity index is 3170. The summed E-state index contributed by atoms with van der Waals surface area (Å²) < 4.78 is 106. The van der Waals surface area contributed by atoms with Gasteiger partial charge in [0.25, 0.3) is 5.79 Å². The number of aliphatic hydroxyl groups is 24. The van der Waals surface area contributed by atoms with Crippen LogP contribution in [0.5, 0.6) is 0 Å². The Balaban J connectivity index is 1.01. The minimum absolute atomic E-state index is 0.844. The predicted molar refractivity (Wildman–Crippen MR) is 356 cm³/mol. The van der Waals surface area contributed by atoms with Crippen molar-refractivity contribution in [3.63, 3.8) is 0 Å². The van der Waals surface area contributed by atoms with Crippen molar-refractivity contribution in [2.24, 2.45) is 0 Å². The largest absolute Gasteiger partial charge is 0.477 e. The van der Waals surface area contributed by atoms with E-state index in [1.807, 2.05) is 0 Å². The number of aliphatic carboxylic acids is 1. The van der Waals surface area contributed by atoms with Crippen LogP contribution in [0.1, 0.15) is 48.0 Å². The van der Waals surface area contributed by atoms with Crippen molar-refractivity contribution in [2.75, 3.05) is 46.2 Å². The lowest BCUT2D eigenvalue weighted by Crippen LogP contribution is -2.71. The molecule has 9 aliphatic rings. The fraction of sp³-hybridized carbons (Fsp3) is 0.923. The zero-order valence-corrected chi connectivity index (χ0v) is 62.7. The zero-order valence-electron chi connectivity index (χ0n) is 62.7. The van der Waals surface area contributed by atoms with Crippen molar-refractivity contribution in [3.8, 4) is 0 Å². The molecule has 9 fully saturated rings. The van der Waals surface area contributed by atoms with Crippen molar-refractivity contribution in [3.05, 3.63) is 0 Å². The van der Waals surface area contributed by atoms with E-state index in [1.54, 1.807) is 0 Å². The van der Waals surface area contributed by atoms with Gasteiger partial charge in [-0.25, -0.2) is 4.79 Å². The molecule has 0 aromatic rings. The smallest absolute Gasteiger partial charge is 0.364 e. The van der Waals surface area contributed by atoms with Crippen molar-refractivity contribution in [1.82, 2.24) is 16.0 Å². The number of carbonyl (C=O) groups is 5. The first-order valence-electron chi connectivity index (χ1n) is 36.9. The van der Waals surface area contributed by atoms with E-state index < -0.39 is 364 Å². The van der Waals surface area contributed by atoms with Crippen LogP contribution in [0.25, 0.3) is 0 Å². The first-order chi connectivity index (χ1) is 54.6. The maximum Gasteiger partial charge on any atom is 0.364 e. The van der Waals surface area contributed by atoms with Gasteiger partial charge in [0.2, 0.25) is 17.7 Å². The minimum Gasteiger partial charge on any atom is -0.477 e. The lowest BCUT2D eigenvalue weighted by molar-refractivity contribution is -0.401. The molecule has 3 amide bonds. The number of carboxylic acid groups (broad SMARTS) is 1.